The third-order valence-corrected chi connectivity index (χ3v) is 5.79. The van der Waals surface area contributed by atoms with E-state index in [4.69, 9.17) is 30.5 Å². The quantitative estimate of drug-likeness (QED) is 0.499. The standard InChI is InChI=1S/C24H27ClN2O7/c1-31-18-7-15(8-19(11-18)32-2)12-26(14-23(29)34-4)24(30)16-9-22(28)27(13-16)20-10-17(25)5-6-21(20)33-3/h5-8,10-11,16H,9,12-14H2,1-4H3. The number of methoxy groups -OCH3 is 4. The molecule has 1 aliphatic rings. The molecule has 1 heterocycles. The lowest BCUT2D eigenvalue weighted by Crippen LogP contribution is -2.40. The molecule has 0 radical (unpaired) electrons. The molecule has 1 unspecified atom stereocenters. The molecule has 1 fully saturated rings. The Kier molecular flexibility index (Phi) is 8.22. The summed E-state index contributed by atoms with van der Waals surface area (Å²) < 4.78 is 20.7. The van der Waals surface area contributed by atoms with Gasteiger partial charge in [0.1, 0.15) is 23.8 Å². The molecular weight excluding hydrogens is 464 g/mol. The zero-order chi connectivity index (χ0) is 24.8. The summed E-state index contributed by atoms with van der Waals surface area (Å²) in [4.78, 5) is 41.2. The van der Waals surface area contributed by atoms with Crippen molar-refractivity contribution in [1.82, 2.24) is 4.90 Å². The fourth-order valence-electron chi connectivity index (χ4n) is 3.85. The Morgan fingerprint density at radius 2 is 1.71 bits per heavy atom. The van der Waals surface area contributed by atoms with Crippen molar-refractivity contribution in [2.45, 2.75) is 13.0 Å². The van der Waals surface area contributed by atoms with Crippen molar-refractivity contribution in [3.8, 4) is 17.2 Å². The molecule has 182 valence electrons. The largest absolute Gasteiger partial charge is 0.497 e. The van der Waals surface area contributed by atoms with E-state index in [0.29, 0.717) is 33.5 Å². The Labute approximate surface area is 203 Å². The van der Waals surface area contributed by atoms with E-state index >= 15 is 0 Å². The topological polar surface area (TPSA) is 94.6 Å². The average Bonchev–Trinajstić information content (AvgIpc) is 3.23. The van der Waals surface area contributed by atoms with Gasteiger partial charge in [0.05, 0.1) is 40.0 Å². The van der Waals surface area contributed by atoms with E-state index in [1.54, 1.807) is 36.4 Å². The third-order valence-electron chi connectivity index (χ3n) is 5.55. The van der Waals surface area contributed by atoms with E-state index in [9.17, 15) is 14.4 Å². The Morgan fingerprint density at radius 1 is 1.03 bits per heavy atom. The van der Waals surface area contributed by atoms with Gasteiger partial charge in [-0.15, -0.1) is 0 Å². The maximum absolute atomic E-state index is 13.5. The molecule has 0 saturated carbocycles. The van der Waals surface area contributed by atoms with E-state index < -0.39 is 11.9 Å². The second kappa shape index (κ2) is 11.1. The van der Waals surface area contributed by atoms with E-state index in [-0.39, 0.29) is 37.9 Å². The fraction of sp³-hybridized carbons (Fsp3) is 0.375. The highest BCUT2D eigenvalue weighted by molar-refractivity contribution is 6.31. The van der Waals surface area contributed by atoms with Crippen molar-refractivity contribution < 1.29 is 33.3 Å². The van der Waals surface area contributed by atoms with E-state index in [1.165, 1.54) is 38.2 Å². The number of esters is 1. The first-order valence-electron chi connectivity index (χ1n) is 10.5. The van der Waals surface area contributed by atoms with E-state index in [1.807, 2.05) is 0 Å². The zero-order valence-corrected chi connectivity index (χ0v) is 20.3. The molecule has 0 aromatic heterocycles. The minimum absolute atomic E-state index is 0.00634. The van der Waals surface area contributed by atoms with Gasteiger partial charge in [0.2, 0.25) is 11.8 Å². The summed E-state index contributed by atoms with van der Waals surface area (Å²) in [6.45, 7) is -0.0276. The third kappa shape index (κ3) is 5.72. The first-order chi connectivity index (χ1) is 16.3. The maximum Gasteiger partial charge on any atom is 0.325 e. The lowest BCUT2D eigenvalue weighted by atomic mass is 10.1. The van der Waals surface area contributed by atoms with Gasteiger partial charge in [-0.05, 0) is 35.9 Å². The molecule has 0 N–H and O–H groups in total. The SMILES string of the molecule is COC(=O)CN(Cc1cc(OC)cc(OC)c1)C(=O)C1CC(=O)N(c2cc(Cl)ccc2OC)C1. The van der Waals surface area contributed by atoms with Crippen LogP contribution in [-0.4, -0.2) is 64.2 Å². The van der Waals surface area contributed by atoms with Gasteiger partial charge in [-0.3, -0.25) is 14.4 Å². The maximum atomic E-state index is 13.5. The molecule has 0 bridgehead atoms. The number of amides is 2. The molecule has 2 aromatic carbocycles. The van der Waals surface area contributed by atoms with Gasteiger partial charge in [-0.2, -0.15) is 0 Å². The van der Waals surface area contributed by atoms with E-state index in [0.717, 1.165) is 0 Å². The molecule has 1 saturated heterocycles. The van der Waals surface area contributed by atoms with Crippen LogP contribution in [-0.2, 0) is 25.7 Å². The predicted molar refractivity (Wildman–Crippen MR) is 125 cm³/mol. The number of anilines is 1. The van der Waals surface area contributed by atoms with Crippen molar-refractivity contribution in [1.29, 1.82) is 0 Å². The van der Waals surface area contributed by atoms with Crippen LogP contribution in [0.3, 0.4) is 0 Å². The highest BCUT2D eigenvalue weighted by atomic mass is 35.5. The number of halogens is 1. The minimum atomic E-state index is -0.659. The summed E-state index contributed by atoms with van der Waals surface area (Å²) in [5, 5.41) is 0.442. The van der Waals surface area contributed by atoms with Gasteiger partial charge in [0.25, 0.3) is 0 Å². The molecule has 0 spiro atoms. The van der Waals surface area contributed by atoms with Gasteiger partial charge in [0, 0.05) is 30.6 Å². The summed E-state index contributed by atoms with van der Waals surface area (Å²) >= 11 is 6.12. The molecule has 9 nitrogen and oxygen atoms in total. The molecule has 2 aromatic rings. The first kappa shape index (κ1) is 25.2. The summed E-state index contributed by atoms with van der Waals surface area (Å²) in [5.74, 6) is -0.232. The van der Waals surface area contributed by atoms with Crippen molar-refractivity contribution >= 4 is 35.1 Å². The monoisotopic (exact) mass is 490 g/mol. The number of carbonyl (C=O) groups is 3. The molecular formula is C24H27ClN2O7. The second-order valence-corrected chi connectivity index (χ2v) is 8.15. The van der Waals surface area contributed by atoms with Crippen molar-refractivity contribution in [3.63, 3.8) is 0 Å². The van der Waals surface area contributed by atoms with Crippen LogP contribution in [0.4, 0.5) is 5.69 Å². The second-order valence-electron chi connectivity index (χ2n) is 7.71. The number of rotatable bonds is 9. The highest BCUT2D eigenvalue weighted by Crippen LogP contribution is 2.36. The lowest BCUT2D eigenvalue weighted by molar-refractivity contribution is -0.148. The van der Waals surface area contributed by atoms with Crippen LogP contribution in [0.5, 0.6) is 17.2 Å². The number of hydrogen-bond acceptors (Lipinski definition) is 7. The van der Waals surface area contributed by atoms with Crippen LogP contribution in [0.1, 0.15) is 12.0 Å². The normalized spacial score (nSPS) is 15.1. The van der Waals surface area contributed by atoms with Gasteiger partial charge in [-0.25, -0.2) is 0 Å². The minimum Gasteiger partial charge on any atom is -0.497 e. The average molecular weight is 491 g/mol. The Bertz CT molecular complexity index is 1050. The van der Waals surface area contributed by atoms with Crippen LogP contribution in [0, 0.1) is 5.92 Å². The van der Waals surface area contributed by atoms with Gasteiger partial charge in [0.15, 0.2) is 0 Å². The highest BCUT2D eigenvalue weighted by Gasteiger charge is 2.39. The lowest BCUT2D eigenvalue weighted by Gasteiger charge is -2.25. The van der Waals surface area contributed by atoms with Crippen molar-refractivity contribution in [2.75, 3.05) is 46.4 Å². The molecule has 1 aliphatic heterocycles. The van der Waals surface area contributed by atoms with Crippen LogP contribution >= 0.6 is 11.6 Å². The first-order valence-corrected chi connectivity index (χ1v) is 10.9. The molecule has 34 heavy (non-hydrogen) atoms. The van der Waals surface area contributed by atoms with Gasteiger partial charge < -0.3 is 28.7 Å². The smallest absolute Gasteiger partial charge is 0.325 e. The fourth-order valence-corrected chi connectivity index (χ4v) is 4.01. The number of benzene rings is 2. The van der Waals surface area contributed by atoms with Crippen LogP contribution in [0.2, 0.25) is 5.02 Å². The molecule has 0 aliphatic carbocycles. The predicted octanol–water partition coefficient (Wildman–Crippen LogP) is 2.92. The number of hydrogen-bond donors (Lipinski definition) is 0. The van der Waals surface area contributed by atoms with Crippen molar-refractivity contribution in [2.24, 2.45) is 5.92 Å². The zero-order valence-electron chi connectivity index (χ0n) is 19.5. The molecule has 3 rings (SSSR count). The summed E-state index contributed by atoms with van der Waals surface area (Å²) in [6.07, 6.45) is -0.00634. The summed E-state index contributed by atoms with van der Waals surface area (Å²) in [7, 11) is 5.81. The van der Waals surface area contributed by atoms with E-state index in [2.05, 4.69) is 0 Å². The van der Waals surface area contributed by atoms with Gasteiger partial charge in [-0.1, -0.05) is 11.6 Å². The summed E-state index contributed by atoms with van der Waals surface area (Å²) in [5.41, 5.74) is 1.19. The number of ether oxygens (including phenoxy) is 4. The van der Waals surface area contributed by atoms with Gasteiger partial charge >= 0.3 is 5.97 Å². The van der Waals surface area contributed by atoms with Crippen LogP contribution in [0.15, 0.2) is 36.4 Å². The Hall–Kier alpha value is -3.46. The molecule has 2 amide bonds. The van der Waals surface area contributed by atoms with Crippen LogP contribution < -0.4 is 19.1 Å². The molecule has 10 heteroatoms. The molecule has 1 atom stereocenters. The number of nitrogens with zero attached hydrogens (tertiary/aromatic N) is 2. The summed E-state index contributed by atoms with van der Waals surface area (Å²) in [6, 6.07) is 10.2. The van der Waals surface area contributed by atoms with Crippen molar-refractivity contribution in [3.05, 3.63) is 47.0 Å². The number of carbonyl (C=O) groups excluding carboxylic acids is 3. The van der Waals surface area contributed by atoms with Crippen LogP contribution in [0.25, 0.3) is 0 Å². The Balaban J connectivity index is 1.85. The Morgan fingerprint density at radius 3 is 2.29 bits per heavy atom.